The zero-order chi connectivity index (χ0) is 15.7. The molecular formula is C17H25NO3. The molecule has 4 heteroatoms. The van der Waals surface area contributed by atoms with Crippen molar-refractivity contribution in [2.24, 2.45) is 5.92 Å². The highest BCUT2D eigenvalue weighted by Gasteiger charge is 2.58. The Morgan fingerprint density at radius 3 is 2.57 bits per heavy atom. The third-order valence-electron chi connectivity index (χ3n) is 4.10. The lowest BCUT2D eigenvalue weighted by molar-refractivity contribution is 0.0520. The lowest BCUT2D eigenvalue weighted by Gasteiger charge is -2.23. The molecule has 1 aliphatic rings. The number of alkyl carbamates (subject to hydrolysis) is 1. The van der Waals surface area contributed by atoms with Crippen molar-refractivity contribution in [1.29, 1.82) is 0 Å². The van der Waals surface area contributed by atoms with Gasteiger partial charge in [0.15, 0.2) is 0 Å². The van der Waals surface area contributed by atoms with Crippen LogP contribution in [0.25, 0.3) is 0 Å². The first-order valence-electron chi connectivity index (χ1n) is 7.46. The Bertz CT molecular complexity index is 493. The summed E-state index contributed by atoms with van der Waals surface area (Å²) in [6.07, 6.45) is 0.0390. The number of carbonyl (C=O) groups excluding carboxylic acids is 1. The summed E-state index contributed by atoms with van der Waals surface area (Å²) in [6.45, 7) is 7.87. The molecule has 1 fully saturated rings. The minimum absolute atomic E-state index is 0.240. The molecule has 0 aromatic heterocycles. The molecule has 0 saturated heterocycles. The van der Waals surface area contributed by atoms with Crippen molar-refractivity contribution < 1.29 is 14.6 Å². The third kappa shape index (κ3) is 3.56. The second-order valence-electron chi connectivity index (χ2n) is 6.87. The highest BCUT2D eigenvalue weighted by atomic mass is 16.6. The van der Waals surface area contributed by atoms with Crippen molar-refractivity contribution in [2.45, 2.75) is 51.2 Å². The molecule has 0 spiro atoms. The van der Waals surface area contributed by atoms with Gasteiger partial charge in [0, 0.05) is 12.0 Å². The number of carbonyl (C=O) groups is 1. The molecule has 0 radical (unpaired) electrons. The SMILES string of the molecule is C[C@H](O)[C@@]1(c2ccccc2)C[C@H]1CNC(=O)OC(C)(C)C. The number of benzene rings is 1. The van der Waals surface area contributed by atoms with Gasteiger partial charge >= 0.3 is 6.09 Å². The normalized spacial score (nSPS) is 26.0. The van der Waals surface area contributed by atoms with Crippen LogP contribution >= 0.6 is 0 Å². The highest BCUT2D eigenvalue weighted by molar-refractivity contribution is 5.67. The Morgan fingerprint density at radius 1 is 1.43 bits per heavy atom. The molecule has 1 aromatic rings. The zero-order valence-corrected chi connectivity index (χ0v) is 13.2. The van der Waals surface area contributed by atoms with E-state index in [-0.39, 0.29) is 11.3 Å². The first-order chi connectivity index (χ1) is 9.75. The molecule has 2 N–H and O–H groups in total. The maximum atomic E-state index is 11.7. The van der Waals surface area contributed by atoms with Gasteiger partial charge in [-0.2, -0.15) is 0 Å². The summed E-state index contributed by atoms with van der Waals surface area (Å²) in [5.41, 5.74) is 0.404. The smallest absolute Gasteiger partial charge is 0.407 e. The Kier molecular flexibility index (Phi) is 4.28. The molecule has 0 bridgehead atoms. The third-order valence-corrected chi connectivity index (χ3v) is 4.10. The summed E-state index contributed by atoms with van der Waals surface area (Å²) in [6, 6.07) is 10.0. The van der Waals surface area contributed by atoms with Crippen molar-refractivity contribution in [1.82, 2.24) is 5.32 Å². The predicted octanol–water partition coefficient (Wildman–Crippen LogP) is 2.85. The number of ether oxygens (including phenoxy) is 1. The van der Waals surface area contributed by atoms with E-state index in [1.54, 1.807) is 0 Å². The van der Waals surface area contributed by atoms with Crippen LogP contribution in [0.1, 0.15) is 39.7 Å². The lowest BCUT2D eigenvalue weighted by Crippen LogP contribution is -2.35. The van der Waals surface area contributed by atoms with Gasteiger partial charge in [-0.1, -0.05) is 30.3 Å². The lowest BCUT2D eigenvalue weighted by atomic mass is 9.88. The monoisotopic (exact) mass is 291 g/mol. The minimum Gasteiger partial charge on any atom is -0.444 e. The fraction of sp³-hybridized carbons (Fsp3) is 0.588. The summed E-state index contributed by atoms with van der Waals surface area (Å²) >= 11 is 0. The Labute approximate surface area is 126 Å². The molecule has 0 heterocycles. The van der Waals surface area contributed by atoms with Crippen molar-refractivity contribution in [3.63, 3.8) is 0 Å². The van der Waals surface area contributed by atoms with Gasteiger partial charge in [-0.3, -0.25) is 0 Å². The van der Waals surface area contributed by atoms with Gasteiger partial charge < -0.3 is 15.2 Å². The number of nitrogens with one attached hydrogen (secondary N) is 1. The molecule has 2 rings (SSSR count). The number of aliphatic hydroxyl groups excluding tert-OH is 1. The van der Waals surface area contributed by atoms with Crippen LogP contribution in [0, 0.1) is 5.92 Å². The molecule has 0 aliphatic heterocycles. The molecule has 116 valence electrons. The fourth-order valence-electron chi connectivity index (χ4n) is 2.98. The van der Waals surface area contributed by atoms with Crippen LogP contribution < -0.4 is 5.32 Å². The summed E-state index contributed by atoms with van der Waals surface area (Å²) < 4.78 is 5.24. The van der Waals surface area contributed by atoms with Crippen molar-refractivity contribution in [2.75, 3.05) is 6.54 Å². The van der Waals surface area contributed by atoms with E-state index in [1.807, 2.05) is 58.0 Å². The van der Waals surface area contributed by atoms with E-state index >= 15 is 0 Å². The number of hydrogen-bond acceptors (Lipinski definition) is 3. The first-order valence-corrected chi connectivity index (χ1v) is 7.46. The number of hydrogen-bond donors (Lipinski definition) is 2. The molecule has 1 aliphatic carbocycles. The molecule has 1 aromatic carbocycles. The number of amides is 1. The standard InChI is InChI=1S/C17H25NO3/c1-12(19)17(13-8-6-5-7-9-13)10-14(17)11-18-15(20)21-16(2,3)4/h5-9,12,14,19H,10-11H2,1-4H3,(H,18,20)/t12-,14-,17+/m0/s1. The second kappa shape index (κ2) is 5.68. The van der Waals surface area contributed by atoms with Gasteiger partial charge in [-0.15, -0.1) is 0 Å². The summed E-state index contributed by atoms with van der Waals surface area (Å²) in [7, 11) is 0. The Balaban J connectivity index is 1.96. The van der Waals surface area contributed by atoms with Crippen LogP contribution in [0.2, 0.25) is 0 Å². The van der Waals surface area contributed by atoms with Gasteiger partial charge in [0.25, 0.3) is 0 Å². The molecular weight excluding hydrogens is 266 g/mol. The van der Waals surface area contributed by atoms with E-state index < -0.39 is 17.8 Å². The van der Waals surface area contributed by atoms with Crippen LogP contribution in [-0.2, 0) is 10.2 Å². The summed E-state index contributed by atoms with van der Waals surface area (Å²) in [5, 5.41) is 13.0. The molecule has 1 amide bonds. The van der Waals surface area contributed by atoms with Gasteiger partial charge in [-0.05, 0) is 45.6 Å². The molecule has 0 unspecified atom stereocenters. The Morgan fingerprint density at radius 2 is 2.05 bits per heavy atom. The maximum absolute atomic E-state index is 11.7. The van der Waals surface area contributed by atoms with E-state index in [4.69, 9.17) is 4.74 Å². The van der Waals surface area contributed by atoms with E-state index in [0.717, 1.165) is 12.0 Å². The minimum atomic E-state index is -0.492. The van der Waals surface area contributed by atoms with Crippen LogP contribution in [0.15, 0.2) is 30.3 Å². The van der Waals surface area contributed by atoms with Crippen LogP contribution in [0.5, 0.6) is 0 Å². The quantitative estimate of drug-likeness (QED) is 0.897. The molecule has 3 atom stereocenters. The van der Waals surface area contributed by atoms with Crippen LogP contribution in [-0.4, -0.2) is 29.4 Å². The van der Waals surface area contributed by atoms with Crippen molar-refractivity contribution in [3.05, 3.63) is 35.9 Å². The first kappa shape index (κ1) is 15.8. The summed E-state index contributed by atoms with van der Waals surface area (Å²) in [5.74, 6) is 0.243. The topological polar surface area (TPSA) is 58.6 Å². The predicted molar refractivity (Wildman–Crippen MR) is 82.1 cm³/mol. The van der Waals surface area contributed by atoms with Crippen molar-refractivity contribution >= 4 is 6.09 Å². The van der Waals surface area contributed by atoms with E-state index in [2.05, 4.69) is 5.32 Å². The maximum Gasteiger partial charge on any atom is 0.407 e. The van der Waals surface area contributed by atoms with Gasteiger partial charge in [0.05, 0.1) is 6.10 Å². The molecule has 1 saturated carbocycles. The molecule has 21 heavy (non-hydrogen) atoms. The zero-order valence-electron chi connectivity index (χ0n) is 13.2. The Hall–Kier alpha value is -1.55. The summed E-state index contributed by atoms with van der Waals surface area (Å²) in [4.78, 5) is 11.7. The van der Waals surface area contributed by atoms with Crippen molar-refractivity contribution in [3.8, 4) is 0 Å². The fourth-order valence-corrected chi connectivity index (χ4v) is 2.98. The van der Waals surface area contributed by atoms with Gasteiger partial charge in [0.1, 0.15) is 5.60 Å². The van der Waals surface area contributed by atoms with Crippen LogP contribution in [0.4, 0.5) is 4.79 Å². The molecule has 4 nitrogen and oxygen atoms in total. The van der Waals surface area contributed by atoms with E-state index in [1.165, 1.54) is 0 Å². The van der Waals surface area contributed by atoms with Gasteiger partial charge in [0.2, 0.25) is 0 Å². The largest absolute Gasteiger partial charge is 0.444 e. The second-order valence-corrected chi connectivity index (χ2v) is 6.87. The van der Waals surface area contributed by atoms with E-state index in [0.29, 0.717) is 6.54 Å². The average Bonchev–Trinajstić information content (AvgIpc) is 3.11. The van der Waals surface area contributed by atoms with Crippen LogP contribution in [0.3, 0.4) is 0 Å². The number of rotatable bonds is 4. The van der Waals surface area contributed by atoms with Gasteiger partial charge in [-0.25, -0.2) is 4.79 Å². The van der Waals surface area contributed by atoms with E-state index in [9.17, 15) is 9.90 Å². The average molecular weight is 291 g/mol. The number of aliphatic hydroxyl groups is 1. The highest BCUT2D eigenvalue weighted by Crippen LogP contribution is 2.56.